The molecule has 0 saturated carbocycles. The van der Waals surface area contributed by atoms with Gasteiger partial charge in [-0.1, -0.05) is 32.4 Å². The molecule has 0 bridgehead atoms. The number of aromatic nitrogens is 1. The van der Waals surface area contributed by atoms with E-state index >= 15 is 0 Å². The Morgan fingerprint density at radius 2 is 2.10 bits per heavy atom. The lowest BCUT2D eigenvalue weighted by Gasteiger charge is -2.14. The average molecular weight is 344 g/mol. The van der Waals surface area contributed by atoms with Crippen LogP contribution in [0.2, 0.25) is 4.34 Å². The first-order valence-electron chi connectivity index (χ1n) is 7.17. The number of thiophene rings is 1. The third-order valence-electron chi connectivity index (χ3n) is 3.12. The Hall–Kier alpha value is -0.620. The van der Waals surface area contributed by atoms with E-state index in [0.717, 1.165) is 29.0 Å². The summed E-state index contributed by atoms with van der Waals surface area (Å²) in [5.41, 5.74) is 1.21. The average Bonchev–Trinajstić information content (AvgIpc) is 3.02. The molecule has 3 nitrogen and oxygen atoms in total. The quantitative estimate of drug-likeness (QED) is 0.799. The second-order valence-corrected chi connectivity index (χ2v) is 8.18. The monoisotopic (exact) mass is 343 g/mol. The second-order valence-electron chi connectivity index (χ2n) is 5.32. The van der Waals surface area contributed by atoms with Crippen molar-refractivity contribution in [3.63, 3.8) is 0 Å². The lowest BCUT2D eigenvalue weighted by molar-refractivity contribution is 0.590. The highest BCUT2D eigenvalue weighted by atomic mass is 35.5. The maximum atomic E-state index is 5.99. The third-order valence-corrected chi connectivity index (χ3v) is 5.55. The SMILES string of the molecule is CCc1nc(N(C)Cc2ccc(Cl)s2)sc1CNC(C)C. The van der Waals surface area contributed by atoms with E-state index < -0.39 is 0 Å². The van der Waals surface area contributed by atoms with Gasteiger partial charge in [0.05, 0.1) is 16.6 Å². The van der Waals surface area contributed by atoms with Gasteiger partial charge in [0.1, 0.15) is 0 Å². The predicted octanol–water partition coefficient (Wildman–Crippen LogP) is 4.55. The highest BCUT2D eigenvalue weighted by molar-refractivity contribution is 7.16. The highest BCUT2D eigenvalue weighted by Gasteiger charge is 2.14. The van der Waals surface area contributed by atoms with Crippen LogP contribution in [0.1, 0.15) is 36.2 Å². The van der Waals surface area contributed by atoms with Gasteiger partial charge in [-0.05, 0) is 18.6 Å². The summed E-state index contributed by atoms with van der Waals surface area (Å²) in [4.78, 5) is 9.59. The van der Waals surface area contributed by atoms with Gasteiger partial charge < -0.3 is 10.2 Å². The summed E-state index contributed by atoms with van der Waals surface area (Å²) < 4.78 is 0.841. The number of rotatable bonds is 7. The zero-order chi connectivity index (χ0) is 15.4. The maximum absolute atomic E-state index is 5.99. The fourth-order valence-corrected chi connectivity index (χ4v) is 4.18. The standard InChI is InChI=1S/C15H22ClN3S2/c1-5-12-13(8-17-10(2)3)21-15(18-12)19(4)9-11-6-7-14(16)20-11/h6-7,10,17H,5,8-9H2,1-4H3. The predicted molar refractivity (Wildman–Crippen MR) is 94.9 cm³/mol. The van der Waals surface area contributed by atoms with E-state index in [4.69, 9.17) is 16.6 Å². The van der Waals surface area contributed by atoms with Crippen molar-refractivity contribution in [3.8, 4) is 0 Å². The third kappa shape index (κ3) is 4.68. The first-order valence-corrected chi connectivity index (χ1v) is 9.18. The van der Waals surface area contributed by atoms with E-state index in [1.54, 1.807) is 22.7 Å². The normalized spacial score (nSPS) is 11.3. The van der Waals surface area contributed by atoms with Crippen LogP contribution < -0.4 is 10.2 Å². The van der Waals surface area contributed by atoms with E-state index in [1.807, 2.05) is 6.07 Å². The van der Waals surface area contributed by atoms with Gasteiger partial charge in [0.25, 0.3) is 0 Å². The van der Waals surface area contributed by atoms with Gasteiger partial charge in [0, 0.05) is 29.4 Å². The second kappa shape index (κ2) is 7.58. The Balaban J connectivity index is 2.08. The Morgan fingerprint density at radius 3 is 2.67 bits per heavy atom. The molecule has 0 radical (unpaired) electrons. The molecule has 1 N–H and O–H groups in total. The molecule has 2 rings (SSSR count). The summed E-state index contributed by atoms with van der Waals surface area (Å²) >= 11 is 9.41. The summed E-state index contributed by atoms with van der Waals surface area (Å²) in [6, 6.07) is 4.53. The van der Waals surface area contributed by atoms with E-state index in [9.17, 15) is 0 Å². The Morgan fingerprint density at radius 1 is 1.33 bits per heavy atom. The van der Waals surface area contributed by atoms with Crippen LogP contribution in [0.15, 0.2) is 12.1 Å². The van der Waals surface area contributed by atoms with Crippen LogP contribution in [0.3, 0.4) is 0 Å². The fourth-order valence-electron chi connectivity index (χ4n) is 1.98. The molecule has 21 heavy (non-hydrogen) atoms. The molecule has 0 fully saturated rings. The van der Waals surface area contributed by atoms with Gasteiger partial charge in [0.15, 0.2) is 5.13 Å². The van der Waals surface area contributed by atoms with Crippen LogP contribution in [0, 0.1) is 0 Å². The van der Waals surface area contributed by atoms with Crippen LogP contribution >= 0.6 is 34.3 Å². The van der Waals surface area contributed by atoms with E-state index in [0.29, 0.717) is 6.04 Å². The number of hydrogen-bond acceptors (Lipinski definition) is 5. The molecule has 116 valence electrons. The molecule has 0 aliphatic rings. The number of thiazole rings is 1. The van der Waals surface area contributed by atoms with Gasteiger partial charge in [-0.25, -0.2) is 4.98 Å². The molecule has 0 amide bonds. The summed E-state index contributed by atoms with van der Waals surface area (Å²) in [7, 11) is 2.09. The van der Waals surface area contributed by atoms with Crippen molar-refractivity contribution in [3.05, 3.63) is 31.9 Å². The molecule has 6 heteroatoms. The summed E-state index contributed by atoms with van der Waals surface area (Å²) in [6.07, 6.45) is 0.976. The molecule has 2 aromatic rings. The first-order chi connectivity index (χ1) is 9.99. The van der Waals surface area contributed by atoms with Gasteiger partial charge in [-0.15, -0.1) is 22.7 Å². The highest BCUT2D eigenvalue weighted by Crippen LogP contribution is 2.29. The van der Waals surface area contributed by atoms with Crippen LogP contribution in [-0.2, 0) is 19.5 Å². The van der Waals surface area contributed by atoms with Crippen molar-refractivity contribution in [2.24, 2.45) is 0 Å². The van der Waals surface area contributed by atoms with Crippen molar-refractivity contribution in [1.29, 1.82) is 0 Å². The van der Waals surface area contributed by atoms with E-state index in [2.05, 4.69) is 44.1 Å². The number of nitrogens with one attached hydrogen (secondary N) is 1. The van der Waals surface area contributed by atoms with Crippen molar-refractivity contribution in [2.45, 2.75) is 46.3 Å². The number of aryl methyl sites for hydroxylation is 1. The minimum Gasteiger partial charge on any atom is -0.346 e. The smallest absolute Gasteiger partial charge is 0.185 e. The molecule has 0 aliphatic heterocycles. The van der Waals surface area contributed by atoms with Crippen LogP contribution in [-0.4, -0.2) is 18.1 Å². The van der Waals surface area contributed by atoms with Gasteiger partial charge in [0.2, 0.25) is 0 Å². The Labute approximate surface area is 140 Å². The molecule has 0 saturated heterocycles. The topological polar surface area (TPSA) is 28.2 Å². The summed E-state index contributed by atoms with van der Waals surface area (Å²) in [6.45, 7) is 8.25. The van der Waals surface area contributed by atoms with E-state index in [-0.39, 0.29) is 0 Å². The first kappa shape index (κ1) is 16.7. The Kier molecular flexibility index (Phi) is 6.05. The summed E-state index contributed by atoms with van der Waals surface area (Å²) in [5.74, 6) is 0. The number of hydrogen-bond donors (Lipinski definition) is 1. The molecule has 0 aromatic carbocycles. The number of halogens is 1. The van der Waals surface area contributed by atoms with Crippen molar-refractivity contribution in [1.82, 2.24) is 10.3 Å². The molecular weight excluding hydrogens is 322 g/mol. The van der Waals surface area contributed by atoms with E-state index in [1.165, 1.54) is 15.4 Å². The molecule has 2 aromatic heterocycles. The lowest BCUT2D eigenvalue weighted by atomic mass is 10.3. The van der Waals surface area contributed by atoms with Crippen LogP contribution in [0.5, 0.6) is 0 Å². The van der Waals surface area contributed by atoms with Crippen molar-refractivity contribution in [2.75, 3.05) is 11.9 Å². The molecule has 2 heterocycles. The zero-order valence-electron chi connectivity index (χ0n) is 12.9. The van der Waals surface area contributed by atoms with Crippen molar-refractivity contribution >= 4 is 39.4 Å². The summed E-state index contributed by atoms with van der Waals surface area (Å²) in [5, 5.41) is 4.56. The van der Waals surface area contributed by atoms with Gasteiger partial charge >= 0.3 is 0 Å². The van der Waals surface area contributed by atoms with Crippen molar-refractivity contribution < 1.29 is 0 Å². The largest absolute Gasteiger partial charge is 0.346 e. The zero-order valence-corrected chi connectivity index (χ0v) is 15.3. The van der Waals surface area contributed by atoms with Crippen LogP contribution in [0.25, 0.3) is 0 Å². The van der Waals surface area contributed by atoms with Gasteiger partial charge in [-0.2, -0.15) is 0 Å². The molecule has 0 spiro atoms. The maximum Gasteiger partial charge on any atom is 0.185 e. The minimum atomic E-state index is 0.492. The Bertz CT molecular complexity index is 577. The minimum absolute atomic E-state index is 0.492. The molecule has 0 atom stereocenters. The lowest BCUT2D eigenvalue weighted by Crippen LogP contribution is -2.21. The fraction of sp³-hybridized carbons (Fsp3) is 0.533. The molecule has 0 aliphatic carbocycles. The molecular formula is C15H22ClN3S2. The number of nitrogens with zero attached hydrogens (tertiary/aromatic N) is 2. The number of anilines is 1. The van der Waals surface area contributed by atoms with Gasteiger partial charge in [-0.3, -0.25) is 0 Å². The van der Waals surface area contributed by atoms with Crippen LogP contribution in [0.4, 0.5) is 5.13 Å². The molecule has 0 unspecified atom stereocenters.